The molecule has 3 N–H and O–H groups in total. The number of carboxylic acid groups (broad SMARTS) is 1. The number of carboxylic acids is 1. The molecule has 0 unspecified atom stereocenters. The summed E-state index contributed by atoms with van der Waals surface area (Å²) in [4.78, 5) is 35.7. The third kappa shape index (κ3) is 6.81. The highest BCUT2D eigenvalue weighted by molar-refractivity contribution is 5.85. The summed E-state index contributed by atoms with van der Waals surface area (Å²) >= 11 is 0. The zero-order chi connectivity index (χ0) is 24.5. The lowest BCUT2D eigenvalue weighted by molar-refractivity contribution is -0.138. The van der Waals surface area contributed by atoms with Gasteiger partial charge < -0.3 is 25.2 Å². The van der Waals surface area contributed by atoms with Crippen molar-refractivity contribution < 1.29 is 29.0 Å². The average molecular weight is 469 g/mol. The predicted octanol–water partition coefficient (Wildman–Crippen LogP) is 3.55. The number of nitrogens with one attached hydrogen (secondary N) is 2. The van der Waals surface area contributed by atoms with Crippen molar-refractivity contribution in [3.63, 3.8) is 0 Å². The molecular formula is C26H32N2O6. The first-order valence-corrected chi connectivity index (χ1v) is 11.6. The summed E-state index contributed by atoms with van der Waals surface area (Å²) in [6.45, 7) is 4.60. The molecular weight excluding hydrogens is 436 g/mol. The third-order valence-corrected chi connectivity index (χ3v) is 5.67. The quantitative estimate of drug-likeness (QED) is 0.411. The van der Waals surface area contributed by atoms with E-state index in [1.807, 2.05) is 38.1 Å². The lowest BCUT2D eigenvalue weighted by Crippen LogP contribution is -2.48. The Hall–Kier alpha value is -3.39. The molecule has 1 aliphatic carbocycles. The van der Waals surface area contributed by atoms with Crippen molar-refractivity contribution in [1.82, 2.24) is 10.6 Å². The largest absolute Gasteiger partial charge is 0.481 e. The first kappa shape index (κ1) is 25.2. The number of carbonyl (C=O) groups excluding carboxylic acids is 2. The molecule has 8 nitrogen and oxygen atoms in total. The minimum atomic E-state index is -0.937. The molecule has 0 radical (unpaired) electrons. The molecule has 2 amide bonds. The first-order chi connectivity index (χ1) is 16.4. The molecule has 34 heavy (non-hydrogen) atoms. The van der Waals surface area contributed by atoms with E-state index >= 15 is 0 Å². The van der Waals surface area contributed by atoms with Gasteiger partial charge in [-0.1, -0.05) is 62.4 Å². The lowest BCUT2D eigenvalue weighted by atomic mass is 9.98. The summed E-state index contributed by atoms with van der Waals surface area (Å²) in [5.41, 5.74) is 4.54. The molecule has 182 valence electrons. The van der Waals surface area contributed by atoms with Crippen LogP contribution in [0.4, 0.5) is 4.79 Å². The minimum Gasteiger partial charge on any atom is -0.481 e. The van der Waals surface area contributed by atoms with Crippen molar-refractivity contribution in [2.24, 2.45) is 5.92 Å². The van der Waals surface area contributed by atoms with Gasteiger partial charge in [-0.3, -0.25) is 9.59 Å². The van der Waals surface area contributed by atoms with Gasteiger partial charge in [0.05, 0.1) is 19.6 Å². The molecule has 2 aromatic rings. The van der Waals surface area contributed by atoms with Gasteiger partial charge in [0.2, 0.25) is 5.91 Å². The number of rotatable bonds is 12. The van der Waals surface area contributed by atoms with Gasteiger partial charge in [0.15, 0.2) is 0 Å². The van der Waals surface area contributed by atoms with Crippen molar-refractivity contribution in [3.8, 4) is 11.1 Å². The van der Waals surface area contributed by atoms with Crippen LogP contribution in [0, 0.1) is 5.92 Å². The lowest BCUT2D eigenvalue weighted by Gasteiger charge is -2.21. The fourth-order valence-electron chi connectivity index (χ4n) is 4.12. The van der Waals surface area contributed by atoms with Crippen LogP contribution >= 0.6 is 0 Å². The minimum absolute atomic E-state index is 0.0570. The van der Waals surface area contributed by atoms with Crippen molar-refractivity contribution in [2.75, 3.05) is 26.4 Å². The zero-order valence-electron chi connectivity index (χ0n) is 19.6. The summed E-state index contributed by atoms with van der Waals surface area (Å²) in [7, 11) is 0. The SMILES string of the molecule is CC(C)C[C@@H](NC(=O)OCC1c2ccccc2-c2ccccc21)C(=O)NCCOCCC(=O)O. The van der Waals surface area contributed by atoms with Crippen molar-refractivity contribution in [2.45, 2.75) is 38.6 Å². The molecule has 0 saturated heterocycles. The Labute approximate surface area is 199 Å². The maximum absolute atomic E-state index is 12.6. The van der Waals surface area contributed by atoms with Crippen molar-refractivity contribution in [3.05, 3.63) is 59.7 Å². The molecule has 1 atom stereocenters. The summed E-state index contributed by atoms with van der Waals surface area (Å²) in [6.07, 6.45) is -0.274. The highest BCUT2D eigenvalue weighted by Crippen LogP contribution is 2.44. The second-order valence-corrected chi connectivity index (χ2v) is 8.70. The zero-order valence-corrected chi connectivity index (χ0v) is 19.6. The van der Waals surface area contributed by atoms with Crippen LogP contribution in [0.25, 0.3) is 11.1 Å². The normalized spacial score (nSPS) is 13.1. The monoisotopic (exact) mass is 468 g/mol. The molecule has 0 spiro atoms. The molecule has 1 aliphatic rings. The predicted molar refractivity (Wildman–Crippen MR) is 128 cm³/mol. The van der Waals surface area contributed by atoms with Crippen LogP contribution in [0.3, 0.4) is 0 Å². The Kier molecular flexibility index (Phi) is 9.04. The van der Waals surface area contributed by atoms with Gasteiger partial charge in [-0.05, 0) is 34.6 Å². The number of hydrogen-bond donors (Lipinski definition) is 3. The van der Waals surface area contributed by atoms with E-state index in [4.69, 9.17) is 14.6 Å². The van der Waals surface area contributed by atoms with Gasteiger partial charge >= 0.3 is 12.1 Å². The maximum atomic E-state index is 12.6. The molecule has 2 aromatic carbocycles. The van der Waals surface area contributed by atoms with E-state index in [1.54, 1.807) is 0 Å². The van der Waals surface area contributed by atoms with Crippen LogP contribution < -0.4 is 10.6 Å². The molecule has 3 rings (SSSR count). The summed E-state index contributed by atoms with van der Waals surface area (Å²) in [6, 6.07) is 15.5. The van der Waals surface area contributed by atoms with Gasteiger partial charge in [-0.2, -0.15) is 0 Å². The van der Waals surface area contributed by atoms with E-state index < -0.39 is 18.1 Å². The molecule has 0 saturated carbocycles. The fraction of sp³-hybridized carbons (Fsp3) is 0.423. The maximum Gasteiger partial charge on any atom is 0.407 e. The topological polar surface area (TPSA) is 114 Å². The highest BCUT2D eigenvalue weighted by Gasteiger charge is 2.30. The molecule has 8 heteroatoms. The van der Waals surface area contributed by atoms with E-state index in [1.165, 1.54) is 0 Å². The standard InChI is InChI=1S/C26H32N2O6/c1-17(2)15-23(25(31)27-12-14-33-13-11-24(29)30)28-26(32)34-16-22-20-9-5-3-7-18(20)19-8-4-6-10-21(19)22/h3-10,17,22-23H,11-16H2,1-2H3,(H,27,31)(H,28,32)(H,29,30)/t23-/m1/s1. The van der Waals surface area contributed by atoms with Crippen LogP contribution in [0.5, 0.6) is 0 Å². The van der Waals surface area contributed by atoms with Crippen molar-refractivity contribution in [1.29, 1.82) is 0 Å². The highest BCUT2D eigenvalue weighted by atomic mass is 16.5. The van der Waals surface area contributed by atoms with Gasteiger partial charge in [-0.15, -0.1) is 0 Å². The average Bonchev–Trinajstić information content (AvgIpc) is 3.12. The van der Waals surface area contributed by atoms with Gasteiger partial charge in [0.1, 0.15) is 12.6 Å². The second kappa shape index (κ2) is 12.2. The Morgan fingerprint density at radius 3 is 2.18 bits per heavy atom. The van der Waals surface area contributed by atoms with Gasteiger partial charge in [-0.25, -0.2) is 4.79 Å². The van der Waals surface area contributed by atoms with Gasteiger partial charge in [0.25, 0.3) is 0 Å². The number of ether oxygens (including phenoxy) is 2. The summed E-state index contributed by atoms with van der Waals surface area (Å²) in [5, 5.41) is 14.0. The van der Waals surface area contributed by atoms with E-state index in [0.29, 0.717) is 6.42 Å². The first-order valence-electron chi connectivity index (χ1n) is 11.6. The van der Waals surface area contributed by atoms with E-state index in [-0.39, 0.29) is 50.5 Å². The summed E-state index contributed by atoms with van der Waals surface area (Å²) in [5.74, 6) is -1.15. The molecule has 0 fully saturated rings. The molecule has 0 aromatic heterocycles. The number of alkyl carbamates (subject to hydrolysis) is 1. The van der Waals surface area contributed by atoms with Gasteiger partial charge in [0, 0.05) is 12.5 Å². The summed E-state index contributed by atoms with van der Waals surface area (Å²) < 4.78 is 10.8. The van der Waals surface area contributed by atoms with Crippen LogP contribution in [0.2, 0.25) is 0 Å². The number of aliphatic carboxylic acids is 1. The molecule has 0 bridgehead atoms. The van der Waals surface area contributed by atoms with Crippen LogP contribution in [-0.2, 0) is 19.1 Å². The molecule has 0 heterocycles. The van der Waals surface area contributed by atoms with Crippen LogP contribution in [0.1, 0.15) is 43.7 Å². The number of benzene rings is 2. The van der Waals surface area contributed by atoms with E-state index in [2.05, 4.69) is 34.9 Å². The van der Waals surface area contributed by atoms with Crippen LogP contribution in [0.15, 0.2) is 48.5 Å². The second-order valence-electron chi connectivity index (χ2n) is 8.70. The Morgan fingerprint density at radius 1 is 0.971 bits per heavy atom. The van der Waals surface area contributed by atoms with Crippen LogP contribution in [-0.4, -0.2) is 55.5 Å². The smallest absolute Gasteiger partial charge is 0.407 e. The van der Waals surface area contributed by atoms with E-state index in [9.17, 15) is 14.4 Å². The number of hydrogen-bond acceptors (Lipinski definition) is 5. The number of amides is 2. The molecule has 0 aliphatic heterocycles. The van der Waals surface area contributed by atoms with Crippen molar-refractivity contribution >= 4 is 18.0 Å². The Balaban J connectivity index is 1.53. The van der Waals surface area contributed by atoms with E-state index in [0.717, 1.165) is 22.3 Å². The Morgan fingerprint density at radius 2 is 1.59 bits per heavy atom. The number of carbonyl (C=O) groups is 3. The fourth-order valence-corrected chi connectivity index (χ4v) is 4.12. The third-order valence-electron chi connectivity index (χ3n) is 5.67. The Bertz CT molecular complexity index is 961. The number of fused-ring (bicyclic) bond motifs is 3.